The standard InChI is InChI=1S/C22H30N2O6/c1-2-27-20(25)22(14-17-5-3-4-12-28-17)8-10-24(11-9-22)21(26)23-16-6-7-18-19(13-16)30-15-29-18/h6-7,13,17H,2-5,8-12,14-15H2,1H3,(H,23,26)/t17-/m1/s1. The van der Waals surface area contributed by atoms with Crippen molar-refractivity contribution in [3.63, 3.8) is 0 Å². The van der Waals surface area contributed by atoms with E-state index >= 15 is 0 Å². The van der Waals surface area contributed by atoms with Crippen LogP contribution in [0.3, 0.4) is 0 Å². The van der Waals surface area contributed by atoms with E-state index in [-0.39, 0.29) is 24.9 Å². The zero-order valence-corrected chi connectivity index (χ0v) is 17.5. The van der Waals surface area contributed by atoms with Crippen LogP contribution < -0.4 is 14.8 Å². The third-order valence-corrected chi connectivity index (χ3v) is 6.23. The van der Waals surface area contributed by atoms with Crippen LogP contribution in [0.2, 0.25) is 0 Å². The van der Waals surface area contributed by atoms with Gasteiger partial charge in [0.2, 0.25) is 6.79 Å². The van der Waals surface area contributed by atoms with Crippen LogP contribution in [0, 0.1) is 5.41 Å². The Kier molecular flexibility index (Phi) is 6.32. The first kappa shape index (κ1) is 20.8. The van der Waals surface area contributed by atoms with Crippen molar-refractivity contribution in [2.75, 3.05) is 38.4 Å². The number of nitrogens with zero attached hydrogens (tertiary/aromatic N) is 1. The maximum atomic E-state index is 12.8. The van der Waals surface area contributed by atoms with E-state index in [0.29, 0.717) is 56.1 Å². The number of likely N-dealkylation sites (tertiary alicyclic amines) is 1. The molecule has 2 amide bonds. The molecule has 2 fully saturated rings. The second-order valence-electron chi connectivity index (χ2n) is 8.18. The van der Waals surface area contributed by atoms with Crippen molar-refractivity contribution in [2.24, 2.45) is 5.41 Å². The third kappa shape index (κ3) is 4.48. The molecule has 0 radical (unpaired) electrons. The van der Waals surface area contributed by atoms with Crippen LogP contribution in [-0.4, -0.2) is 56.1 Å². The van der Waals surface area contributed by atoms with E-state index in [2.05, 4.69) is 5.32 Å². The first-order valence-electron chi connectivity index (χ1n) is 10.8. The summed E-state index contributed by atoms with van der Waals surface area (Å²) in [6.07, 6.45) is 5.13. The van der Waals surface area contributed by atoms with Gasteiger partial charge in [0.05, 0.1) is 18.1 Å². The highest BCUT2D eigenvalue weighted by atomic mass is 16.7. The summed E-state index contributed by atoms with van der Waals surface area (Å²) >= 11 is 0. The van der Waals surface area contributed by atoms with Gasteiger partial charge < -0.3 is 29.2 Å². The van der Waals surface area contributed by atoms with Crippen LogP contribution in [0.25, 0.3) is 0 Å². The van der Waals surface area contributed by atoms with E-state index in [4.69, 9.17) is 18.9 Å². The van der Waals surface area contributed by atoms with Gasteiger partial charge in [0.25, 0.3) is 0 Å². The number of piperidine rings is 1. The predicted octanol–water partition coefficient (Wildman–Crippen LogP) is 3.55. The molecule has 0 bridgehead atoms. The lowest BCUT2D eigenvalue weighted by Gasteiger charge is -2.42. The van der Waals surface area contributed by atoms with Gasteiger partial charge in [-0.05, 0) is 57.6 Å². The largest absolute Gasteiger partial charge is 0.466 e. The Labute approximate surface area is 176 Å². The van der Waals surface area contributed by atoms with Gasteiger partial charge in [-0.15, -0.1) is 0 Å². The Morgan fingerprint density at radius 2 is 2.00 bits per heavy atom. The van der Waals surface area contributed by atoms with E-state index in [1.165, 1.54) is 0 Å². The molecule has 0 spiro atoms. The van der Waals surface area contributed by atoms with Crippen molar-refractivity contribution in [2.45, 2.75) is 51.6 Å². The SMILES string of the molecule is CCOC(=O)C1(C[C@H]2CCCCO2)CCN(C(=O)Nc2ccc3c(c2)OCO3)CC1. The zero-order chi connectivity index (χ0) is 21.0. The number of carbonyl (C=O) groups excluding carboxylic acids is 2. The predicted molar refractivity (Wildman–Crippen MR) is 110 cm³/mol. The van der Waals surface area contributed by atoms with Crippen LogP contribution >= 0.6 is 0 Å². The number of rotatable bonds is 5. The van der Waals surface area contributed by atoms with Crippen LogP contribution in [0.1, 0.15) is 45.4 Å². The van der Waals surface area contributed by atoms with Crippen LogP contribution in [0.4, 0.5) is 10.5 Å². The quantitative estimate of drug-likeness (QED) is 0.736. The molecule has 0 aliphatic carbocycles. The second kappa shape index (κ2) is 9.12. The van der Waals surface area contributed by atoms with E-state index in [9.17, 15) is 9.59 Å². The van der Waals surface area contributed by atoms with Gasteiger partial charge in [0.15, 0.2) is 11.5 Å². The molecule has 1 aromatic carbocycles. The summed E-state index contributed by atoms with van der Waals surface area (Å²) in [7, 11) is 0. The van der Waals surface area contributed by atoms with Gasteiger partial charge >= 0.3 is 12.0 Å². The summed E-state index contributed by atoms with van der Waals surface area (Å²) < 4.78 is 22.0. The van der Waals surface area contributed by atoms with Crippen molar-refractivity contribution in [1.29, 1.82) is 0 Å². The molecule has 1 aromatic rings. The Hall–Kier alpha value is -2.48. The first-order valence-corrected chi connectivity index (χ1v) is 10.8. The molecule has 164 valence electrons. The van der Waals surface area contributed by atoms with Crippen LogP contribution in [0.15, 0.2) is 18.2 Å². The number of fused-ring (bicyclic) bond motifs is 1. The van der Waals surface area contributed by atoms with Crippen LogP contribution in [0.5, 0.6) is 11.5 Å². The Bertz CT molecular complexity index is 769. The van der Waals surface area contributed by atoms with Crippen LogP contribution in [-0.2, 0) is 14.3 Å². The Morgan fingerprint density at radius 3 is 2.73 bits per heavy atom. The number of benzene rings is 1. The minimum absolute atomic E-state index is 0.0946. The normalized spacial score (nSPS) is 22.4. The molecule has 4 rings (SSSR count). The minimum atomic E-state index is -0.576. The summed E-state index contributed by atoms with van der Waals surface area (Å²) in [6.45, 7) is 4.15. The molecule has 0 saturated carbocycles. The fourth-order valence-corrected chi connectivity index (χ4v) is 4.49. The maximum absolute atomic E-state index is 12.8. The van der Waals surface area contributed by atoms with E-state index < -0.39 is 5.41 Å². The highest BCUT2D eigenvalue weighted by molar-refractivity contribution is 5.90. The molecule has 3 aliphatic heterocycles. The lowest BCUT2D eigenvalue weighted by molar-refractivity contribution is -0.162. The highest BCUT2D eigenvalue weighted by Crippen LogP contribution is 2.40. The number of nitrogens with one attached hydrogen (secondary N) is 1. The molecule has 30 heavy (non-hydrogen) atoms. The smallest absolute Gasteiger partial charge is 0.321 e. The van der Waals surface area contributed by atoms with Gasteiger partial charge in [0, 0.05) is 31.5 Å². The van der Waals surface area contributed by atoms with Gasteiger partial charge in [0.1, 0.15) is 0 Å². The zero-order valence-electron chi connectivity index (χ0n) is 17.5. The number of urea groups is 1. The average Bonchev–Trinajstić information content (AvgIpc) is 3.23. The summed E-state index contributed by atoms with van der Waals surface area (Å²) in [5.74, 6) is 1.14. The van der Waals surface area contributed by atoms with Gasteiger partial charge in [-0.3, -0.25) is 4.79 Å². The molecule has 1 atom stereocenters. The summed E-state index contributed by atoms with van der Waals surface area (Å²) in [5.41, 5.74) is 0.0789. The summed E-state index contributed by atoms with van der Waals surface area (Å²) in [4.78, 5) is 27.4. The number of carbonyl (C=O) groups is 2. The molecule has 1 N–H and O–H groups in total. The maximum Gasteiger partial charge on any atom is 0.321 e. The molecular formula is C22H30N2O6. The summed E-state index contributed by atoms with van der Waals surface area (Å²) in [5, 5.41) is 2.92. The van der Waals surface area contributed by atoms with Crippen molar-refractivity contribution in [3.05, 3.63) is 18.2 Å². The fraction of sp³-hybridized carbons (Fsp3) is 0.636. The Morgan fingerprint density at radius 1 is 1.20 bits per heavy atom. The Balaban J connectivity index is 1.37. The van der Waals surface area contributed by atoms with E-state index in [0.717, 1.165) is 25.9 Å². The van der Waals surface area contributed by atoms with E-state index in [1.807, 2.05) is 6.92 Å². The number of anilines is 1. The van der Waals surface area contributed by atoms with E-state index in [1.54, 1.807) is 23.1 Å². The highest BCUT2D eigenvalue weighted by Gasteiger charge is 2.45. The lowest BCUT2D eigenvalue weighted by Crippen LogP contribution is -2.49. The molecule has 8 heteroatoms. The van der Waals surface area contributed by atoms with Crippen molar-refractivity contribution < 1.29 is 28.5 Å². The first-order chi connectivity index (χ1) is 14.6. The molecule has 0 unspecified atom stereocenters. The third-order valence-electron chi connectivity index (χ3n) is 6.23. The summed E-state index contributed by atoms with van der Waals surface area (Å²) in [6, 6.07) is 5.15. The molecule has 0 aromatic heterocycles. The molecule has 3 heterocycles. The number of amides is 2. The van der Waals surface area contributed by atoms with Crippen molar-refractivity contribution in [1.82, 2.24) is 4.90 Å². The monoisotopic (exact) mass is 418 g/mol. The number of esters is 1. The molecule has 8 nitrogen and oxygen atoms in total. The second-order valence-corrected chi connectivity index (χ2v) is 8.18. The number of hydrogen-bond acceptors (Lipinski definition) is 6. The molecular weight excluding hydrogens is 388 g/mol. The lowest BCUT2D eigenvalue weighted by atomic mass is 9.73. The number of hydrogen-bond donors (Lipinski definition) is 1. The molecule has 3 aliphatic rings. The van der Waals surface area contributed by atoms with Gasteiger partial charge in [-0.1, -0.05) is 0 Å². The van der Waals surface area contributed by atoms with Gasteiger partial charge in [-0.25, -0.2) is 4.79 Å². The van der Waals surface area contributed by atoms with Gasteiger partial charge in [-0.2, -0.15) is 0 Å². The topological polar surface area (TPSA) is 86.3 Å². The number of ether oxygens (including phenoxy) is 4. The fourth-order valence-electron chi connectivity index (χ4n) is 4.49. The molecule has 2 saturated heterocycles. The average molecular weight is 418 g/mol. The van der Waals surface area contributed by atoms with Crippen molar-refractivity contribution in [3.8, 4) is 11.5 Å². The van der Waals surface area contributed by atoms with Crippen molar-refractivity contribution >= 4 is 17.7 Å². The minimum Gasteiger partial charge on any atom is -0.466 e.